The minimum atomic E-state index is 0.589. The summed E-state index contributed by atoms with van der Waals surface area (Å²) >= 11 is 6.01. The van der Waals surface area contributed by atoms with Crippen molar-refractivity contribution in [3.8, 4) is 11.4 Å². The van der Waals surface area contributed by atoms with Crippen LogP contribution in [0.2, 0.25) is 5.02 Å². The molecule has 0 saturated heterocycles. The number of benzene rings is 2. The van der Waals surface area contributed by atoms with Gasteiger partial charge in [0.25, 0.3) is 0 Å². The van der Waals surface area contributed by atoms with E-state index in [1.807, 2.05) is 55.6 Å². The highest BCUT2D eigenvalue weighted by Gasteiger charge is 2.11. The molecule has 0 aliphatic rings. The molecule has 0 aliphatic heterocycles. The average molecular weight is 328 g/mol. The van der Waals surface area contributed by atoms with Gasteiger partial charge in [-0.25, -0.2) is 0 Å². The van der Waals surface area contributed by atoms with E-state index in [4.69, 9.17) is 16.1 Å². The maximum atomic E-state index is 6.01. The number of nitrogens with zero attached hydrogens (tertiary/aromatic N) is 3. The van der Waals surface area contributed by atoms with Crippen LogP contribution in [-0.4, -0.2) is 22.1 Å². The van der Waals surface area contributed by atoms with Crippen LogP contribution in [0.5, 0.6) is 0 Å². The van der Waals surface area contributed by atoms with Gasteiger partial charge in [-0.3, -0.25) is 4.90 Å². The van der Waals surface area contributed by atoms with E-state index in [0.717, 1.165) is 22.7 Å². The highest BCUT2D eigenvalue weighted by atomic mass is 35.5. The largest absolute Gasteiger partial charge is 0.338 e. The number of hydrogen-bond donors (Lipinski definition) is 0. The van der Waals surface area contributed by atoms with Crippen molar-refractivity contribution in [2.45, 2.75) is 20.0 Å². The van der Waals surface area contributed by atoms with E-state index in [0.29, 0.717) is 18.3 Å². The topological polar surface area (TPSA) is 42.2 Å². The van der Waals surface area contributed by atoms with Crippen LogP contribution in [0.3, 0.4) is 0 Å². The van der Waals surface area contributed by atoms with Crippen LogP contribution in [0.4, 0.5) is 0 Å². The van der Waals surface area contributed by atoms with E-state index >= 15 is 0 Å². The number of aromatic nitrogens is 2. The Morgan fingerprint density at radius 1 is 1.09 bits per heavy atom. The smallest absolute Gasteiger partial charge is 0.241 e. The lowest BCUT2D eigenvalue weighted by Crippen LogP contribution is -2.17. The number of rotatable bonds is 5. The molecule has 0 fully saturated rings. The molecule has 0 unspecified atom stereocenters. The molecule has 2 aromatic carbocycles. The molecule has 0 bridgehead atoms. The first-order chi connectivity index (χ1) is 11.1. The molecule has 118 valence electrons. The van der Waals surface area contributed by atoms with Crippen LogP contribution in [0, 0.1) is 6.92 Å². The lowest BCUT2D eigenvalue weighted by molar-refractivity contribution is 0.261. The van der Waals surface area contributed by atoms with Crippen molar-refractivity contribution in [3.63, 3.8) is 0 Å². The molecule has 5 heteroatoms. The highest BCUT2D eigenvalue weighted by molar-refractivity contribution is 6.30. The highest BCUT2D eigenvalue weighted by Crippen LogP contribution is 2.17. The zero-order valence-corrected chi connectivity index (χ0v) is 13.9. The number of hydrogen-bond acceptors (Lipinski definition) is 4. The van der Waals surface area contributed by atoms with Gasteiger partial charge in [-0.2, -0.15) is 4.98 Å². The third-order valence-corrected chi connectivity index (χ3v) is 3.76. The molecule has 0 radical (unpaired) electrons. The van der Waals surface area contributed by atoms with Gasteiger partial charge in [0.2, 0.25) is 11.7 Å². The zero-order chi connectivity index (χ0) is 16.2. The van der Waals surface area contributed by atoms with Crippen molar-refractivity contribution in [2.24, 2.45) is 0 Å². The van der Waals surface area contributed by atoms with Crippen LogP contribution in [0.1, 0.15) is 17.0 Å². The third-order valence-electron chi connectivity index (χ3n) is 3.52. The summed E-state index contributed by atoms with van der Waals surface area (Å²) in [6.07, 6.45) is 0. The summed E-state index contributed by atoms with van der Waals surface area (Å²) in [5.41, 5.74) is 3.32. The minimum absolute atomic E-state index is 0.589. The molecule has 0 aliphatic carbocycles. The normalized spacial score (nSPS) is 11.1. The quantitative estimate of drug-likeness (QED) is 0.699. The van der Waals surface area contributed by atoms with E-state index in [1.54, 1.807) is 0 Å². The van der Waals surface area contributed by atoms with Crippen LogP contribution in [0.25, 0.3) is 11.4 Å². The molecule has 4 nitrogen and oxygen atoms in total. The first-order valence-electron chi connectivity index (χ1n) is 7.43. The van der Waals surface area contributed by atoms with Crippen molar-refractivity contribution in [3.05, 3.63) is 70.6 Å². The van der Waals surface area contributed by atoms with Crippen molar-refractivity contribution >= 4 is 11.6 Å². The van der Waals surface area contributed by atoms with Gasteiger partial charge >= 0.3 is 0 Å². The van der Waals surface area contributed by atoms with Gasteiger partial charge in [-0.05, 0) is 31.7 Å². The Morgan fingerprint density at radius 2 is 1.87 bits per heavy atom. The fourth-order valence-electron chi connectivity index (χ4n) is 2.37. The summed E-state index contributed by atoms with van der Waals surface area (Å²) in [6, 6.07) is 15.9. The molecule has 0 atom stereocenters. The SMILES string of the molecule is Cc1ccc(-c2noc(CN(C)Cc3cccc(Cl)c3)n2)cc1. The summed E-state index contributed by atoms with van der Waals surface area (Å²) in [5.74, 6) is 1.22. The van der Waals surface area contributed by atoms with Gasteiger partial charge in [0.05, 0.1) is 6.54 Å². The Balaban J connectivity index is 1.65. The standard InChI is InChI=1S/C18H18ClN3O/c1-13-6-8-15(9-7-13)18-20-17(23-21-18)12-22(2)11-14-4-3-5-16(19)10-14/h3-10H,11-12H2,1-2H3. The maximum Gasteiger partial charge on any atom is 0.241 e. The lowest BCUT2D eigenvalue weighted by atomic mass is 10.1. The molecule has 0 spiro atoms. The summed E-state index contributed by atoms with van der Waals surface area (Å²) < 4.78 is 5.35. The van der Waals surface area contributed by atoms with Crippen molar-refractivity contribution in [2.75, 3.05) is 7.05 Å². The van der Waals surface area contributed by atoms with E-state index < -0.39 is 0 Å². The van der Waals surface area contributed by atoms with E-state index in [9.17, 15) is 0 Å². The summed E-state index contributed by atoms with van der Waals surface area (Å²) in [4.78, 5) is 6.57. The monoisotopic (exact) mass is 327 g/mol. The average Bonchev–Trinajstić information content (AvgIpc) is 2.96. The molecule has 0 saturated carbocycles. The summed E-state index contributed by atoms with van der Waals surface area (Å²) in [6.45, 7) is 3.41. The lowest BCUT2D eigenvalue weighted by Gasteiger charge is -2.14. The fraction of sp³-hybridized carbons (Fsp3) is 0.222. The van der Waals surface area contributed by atoms with Crippen molar-refractivity contribution < 1.29 is 4.52 Å². The molecule has 3 rings (SSSR count). The second-order valence-corrected chi connectivity index (χ2v) is 6.12. The van der Waals surface area contributed by atoms with Gasteiger partial charge in [0.1, 0.15) is 0 Å². The molecular weight excluding hydrogens is 310 g/mol. The second kappa shape index (κ2) is 6.94. The van der Waals surface area contributed by atoms with Crippen LogP contribution in [0.15, 0.2) is 53.1 Å². The van der Waals surface area contributed by atoms with E-state index in [-0.39, 0.29) is 0 Å². The Bertz CT molecular complexity index is 783. The maximum absolute atomic E-state index is 6.01. The first-order valence-corrected chi connectivity index (χ1v) is 7.80. The summed E-state index contributed by atoms with van der Waals surface area (Å²) in [5, 5.41) is 4.80. The molecular formula is C18H18ClN3O. The molecule has 23 heavy (non-hydrogen) atoms. The Morgan fingerprint density at radius 3 is 2.61 bits per heavy atom. The second-order valence-electron chi connectivity index (χ2n) is 5.68. The van der Waals surface area contributed by atoms with Gasteiger partial charge in [-0.1, -0.05) is 58.7 Å². The molecule has 1 aromatic heterocycles. The zero-order valence-electron chi connectivity index (χ0n) is 13.2. The van der Waals surface area contributed by atoms with Crippen LogP contribution < -0.4 is 0 Å². The fourth-order valence-corrected chi connectivity index (χ4v) is 2.59. The predicted molar refractivity (Wildman–Crippen MR) is 91.1 cm³/mol. The molecule has 3 aromatic rings. The van der Waals surface area contributed by atoms with Crippen molar-refractivity contribution in [1.82, 2.24) is 15.0 Å². The molecule has 0 N–H and O–H groups in total. The van der Waals surface area contributed by atoms with Crippen LogP contribution in [-0.2, 0) is 13.1 Å². The predicted octanol–water partition coefficient (Wildman–Crippen LogP) is 4.33. The first kappa shape index (κ1) is 15.7. The van der Waals surface area contributed by atoms with Crippen molar-refractivity contribution in [1.29, 1.82) is 0 Å². The van der Waals surface area contributed by atoms with Gasteiger partial charge < -0.3 is 4.52 Å². The van der Waals surface area contributed by atoms with Gasteiger partial charge in [0, 0.05) is 17.1 Å². The summed E-state index contributed by atoms with van der Waals surface area (Å²) in [7, 11) is 2.01. The Hall–Kier alpha value is -2.17. The number of halogens is 1. The molecule has 1 heterocycles. The van der Waals surface area contributed by atoms with Gasteiger partial charge in [0.15, 0.2) is 0 Å². The molecule has 0 amide bonds. The number of aryl methyl sites for hydroxylation is 1. The Kier molecular flexibility index (Phi) is 4.74. The van der Waals surface area contributed by atoms with E-state index in [1.165, 1.54) is 5.56 Å². The Labute approximate surface area is 140 Å². The minimum Gasteiger partial charge on any atom is -0.338 e. The van der Waals surface area contributed by atoms with E-state index in [2.05, 4.69) is 22.0 Å². The van der Waals surface area contributed by atoms with Crippen LogP contribution >= 0.6 is 11.6 Å². The van der Waals surface area contributed by atoms with Gasteiger partial charge in [-0.15, -0.1) is 0 Å². The third kappa shape index (κ3) is 4.18.